The van der Waals surface area contributed by atoms with Gasteiger partial charge in [-0.15, -0.1) is 0 Å². The molecule has 19 heavy (non-hydrogen) atoms. The zero-order chi connectivity index (χ0) is 13.7. The van der Waals surface area contributed by atoms with Crippen LogP contribution in [-0.2, 0) is 9.59 Å². The second-order valence-electron chi connectivity index (χ2n) is 4.64. The SMILES string of the molecule is NCCCCCC(=O)N1CC(=O)Nc2ccccc21. The van der Waals surface area contributed by atoms with Crippen molar-refractivity contribution in [1.82, 2.24) is 0 Å². The molecular formula is C14H19N3O2. The van der Waals surface area contributed by atoms with E-state index in [1.807, 2.05) is 18.2 Å². The minimum absolute atomic E-state index is 0.000628. The number of fused-ring (bicyclic) bond motifs is 1. The molecule has 1 aromatic carbocycles. The van der Waals surface area contributed by atoms with Crippen LogP contribution in [0.1, 0.15) is 25.7 Å². The summed E-state index contributed by atoms with van der Waals surface area (Å²) in [6.07, 6.45) is 3.16. The second-order valence-corrected chi connectivity index (χ2v) is 4.64. The minimum Gasteiger partial charge on any atom is -0.330 e. The number of amides is 2. The first-order valence-electron chi connectivity index (χ1n) is 6.61. The van der Waals surface area contributed by atoms with Gasteiger partial charge in [0.1, 0.15) is 6.54 Å². The van der Waals surface area contributed by atoms with Crippen molar-refractivity contribution in [3.63, 3.8) is 0 Å². The lowest BCUT2D eigenvalue weighted by atomic mass is 10.1. The maximum atomic E-state index is 12.2. The van der Waals surface area contributed by atoms with E-state index >= 15 is 0 Å². The maximum absolute atomic E-state index is 12.2. The molecule has 1 heterocycles. The molecule has 0 aliphatic carbocycles. The molecule has 2 amide bonds. The maximum Gasteiger partial charge on any atom is 0.244 e. The molecule has 0 saturated heterocycles. The summed E-state index contributed by atoms with van der Waals surface area (Å²) in [5.41, 5.74) is 6.91. The summed E-state index contributed by atoms with van der Waals surface area (Å²) in [6.45, 7) is 0.760. The number of nitrogens with two attached hydrogens (primary N) is 1. The fourth-order valence-electron chi connectivity index (χ4n) is 2.19. The molecule has 0 radical (unpaired) electrons. The Morgan fingerprint density at radius 2 is 2.05 bits per heavy atom. The van der Waals surface area contributed by atoms with Gasteiger partial charge in [-0.2, -0.15) is 0 Å². The average Bonchev–Trinajstić information content (AvgIpc) is 2.42. The Bertz CT molecular complexity index is 474. The normalized spacial score (nSPS) is 13.9. The van der Waals surface area contributed by atoms with Crippen LogP contribution in [0, 0.1) is 0 Å². The predicted molar refractivity (Wildman–Crippen MR) is 74.9 cm³/mol. The van der Waals surface area contributed by atoms with Gasteiger partial charge < -0.3 is 16.0 Å². The van der Waals surface area contributed by atoms with Crippen molar-refractivity contribution in [2.75, 3.05) is 23.3 Å². The molecule has 1 aliphatic rings. The van der Waals surface area contributed by atoms with Crippen molar-refractivity contribution in [1.29, 1.82) is 0 Å². The number of benzene rings is 1. The first-order chi connectivity index (χ1) is 9.22. The Kier molecular flexibility index (Phi) is 4.52. The van der Waals surface area contributed by atoms with Crippen molar-refractivity contribution in [3.8, 4) is 0 Å². The van der Waals surface area contributed by atoms with Crippen LogP contribution in [-0.4, -0.2) is 24.9 Å². The van der Waals surface area contributed by atoms with E-state index < -0.39 is 0 Å². The predicted octanol–water partition coefficient (Wildman–Crippen LogP) is 1.49. The molecule has 2 rings (SSSR count). The highest BCUT2D eigenvalue weighted by Gasteiger charge is 2.25. The molecule has 1 aliphatic heterocycles. The smallest absolute Gasteiger partial charge is 0.244 e. The zero-order valence-corrected chi connectivity index (χ0v) is 10.9. The highest BCUT2D eigenvalue weighted by atomic mass is 16.2. The summed E-state index contributed by atoms with van der Waals surface area (Å²) in [4.78, 5) is 25.3. The number of para-hydroxylation sites is 2. The number of carbonyl (C=O) groups excluding carboxylic acids is 2. The molecule has 0 fully saturated rings. The van der Waals surface area contributed by atoms with Gasteiger partial charge in [0, 0.05) is 6.42 Å². The van der Waals surface area contributed by atoms with E-state index in [0.29, 0.717) is 18.7 Å². The number of hydrogen-bond donors (Lipinski definition) is 2. The van der Waals surface area contributed by atoms with Crippen molar-refractivity contribution < 1.29 is 9.59 Å². The fraction of sp³-hybridized carbons (Fsp3) is 0.429. The number of rotatable bonds is 5. The van der Waals surface area contributed by atoms with Crippen LogP contribution in [0.15, 0.2) is 24.3 Å². The van der Waals surface area contributed by atoms with E-state index in [1.54, 1.807) is 11.0 Å². The quantitative estimate of drug-likeness (QED) is 0.788. The van der Waals surface area contributed by atoms with E-state index in [2.05, 4.69) is 5.32 Å². The van der Waals surface area contributed by atoms with Crippen LogP contribution in [0.25, 0.3) is 0 Å². The Labute approximate surface area is 112 Å². The summed E-state index contributed by atoms with van der Waals surface area (Å²) in [5, 5.41) is 2.77. The van der Waals surface area contributed by atoms with Crippen molar-refractivity contribution in [2.45, 2.75) is 25.7 Å². The molecule has 3 N–H and O–H groups in total. The molecule has 5 heteroatoms. The molecule has 0 saturated carbocycles. The van der Waals surface area contributed by atoms with Crippen LogP contribution < -0.4 is 16.0 Å². The molecule has 1 aromatic rings. The Morgan fingerprint density at radius 1 is 1.26 bits per heavy atom. The summed E-state index contributed by atoms with van der Waals surface area (Å²) in [7, 11) is 0. The summed E-state index contributed by atoms with van der Waals surface area (Å²) >= 11 is 0. The number of hydrogen-bond acceptors (Lipinski definition) is 3. The van der Waals surface area contributed by atoms with Crippen LogP contribution in [0.3, 0.4) is 0 Å². The third-order valence-electron chi connectivity index (χ3n) is 3.17. The van der Waals surface area contributed by atoms with E-state index in [4.69, 9.17) is 5.73 Å². The number of unbranched alkanes of at least 4 members (excludes halogenated alkanes) is 2. The van der Waals surface area contributed by atoms with Crippen molar-refractivity contribution >= 4 is 23.2 Å². The molecule has 0 bridgehead atoms. The van der Waals surface area contributed by atoms with Crippen LogP contribution >= 0.6 is 0 Å². The van der Waals surface area contributed by atoms with Gasteiger partial charge >= 0.3 is 0 Å². The lowest BCUT2D eigenvalue weighted by Crippen LogP contribution is -2.42. The van der Waals surface area contributed by atoms with E-state index in [0.717, 1.165) is 24.9 Å². The van der Waals surface area contributed by atoms with E-state index in [-0.39, 0.29) is 18.4 Å². The highest BCUT2D eigenvalue weighted by molar-refractivity contribution is 6.09. The van der Waals surface area contributed by atoms with E-state index in [9.17, 15) is 9.59 Å². The monoisotopic (exact) mass is 261 g/mol. The number of nitrogens with one attached hydrogen (secondary N) is 1. The lowest BCUT2D eigenvalue weighted by molar-refractivity contribution is -0.122. The van der Waals surface area contributed by atoms with Crippen molar-refractivity contribution in [3.05, 3.63) is 24.3 Å². The van der Waals surface area contributed by atoms with Gasteiger partial charge in [0.25, 0.3) is 0 Å². The first-order valence-corrected chi connectivity index (χ1v) is 6.61. The Morgan fingerprint density at radius 3 is 2.84 bits per heavy atom. The van der Waals surface area contributed by atoms with Gasteiger partial charge in [-0.3, -0.25) is 9.59 Å². The van der Waals surface area contributed by atoms with Crippen LogP contribution in [0.2, 0.25) is 0 Å². The average molecular weight is 261 g/mol. The Hall–Kier alpha value is -1.88. The summed E-state index contributed by atoms with van der Waals surface area (Å²) < 4.78 is 0. The zero-order valence-electron chi connectivity index (χ0n) is 10.9. The molecule has 0 aromatic heterocycles. The third kappa shape index (κ3) is 3.32. The molecule has 0 atom stereocenters. The summed E-state index contributed by atoms with van der Waals surface area (Å²) in [5.74, 6) is -0.145. The van der Waals surface area contributed by atoms with Crippen LogP contribution in [0.5, 0.6) is 0 Å². The minimum atomic E-state index is -0.144. The highest BCUT2D eigenvalue weighted by Crippen LogP contribution is 2.29. The lowest BCUT2D eigenvalue weighted by Gasteiger charge is -2.29. The van der Waals surface area contributed by atoms with Gasteiger partial charge in [0.2, 0.25) is 11.8 Å². The van der Waals surface area contributed by atoms with Crippen molar-refractivity contribution in [2.24, 2.45) is 5.73 Å². The third-order valence-corrected chi connectivity index (χ3v) is 3.17. The molecule has 102 valence electrons. The number of carbonyl (C=O) groups is 2. The van der Waals surface area contributed by atoms with Gasteiger partial charge in [0.15, 0.2) is 0 Å². The first kappa shape index (κ1) is 13.5. The number of anilines is 2. The van der Waals surface area contributed by atoms with Gasteiger partial charge in [0.05, 0.1) is 11.4 Å². The molecular weight excluding hydrogens is 242 g/mol. The Balaban J connectivity index is 2.03. The van der Waals surface area contributed by atoms with E-state index in [1.165, 1.54) is 0 Å². The summed E-state index contributed by atoms with van der Waals surface area (Å²) in [6, 6.07) is 7.37. The topological polar surface area (TPSA) is 75.4 Å². The molecule has 0 unspecified atom stereocenters. The molecule has 5 nitrogen and oxygen atoms in total. The fourth-order valence-corrected chi connectivity index (χ4v) is 2.19. The standard InChI is InChI=1S/C14H19N3O2/c15-9-5-1-2-8-14(19)17-10-13(18)16-11-6-3-4-7-12(11)17/h3-4,6-7H,1-2,5,8-10,15H2,(H,16,18). The van der Waals surface area contributed by atoms with Gasteiger partial charge in [-0.05, 0) is 31.5 Å². The van der Waals surface area contributed by atoms with Gasteiger partial charge in [-0.1, -0.05) is 18.6 Å². The largest absolute Gasteiger partial charge is 0.330 e. The second kappa shape index (κ2) is 6.33. The number of nitrogens with zero attached hydrogens (tertiary/aromatic N) is 1. The molecule has 0 spiro atoms. The van der Waals surface area contributed by atoms with Crippen LogP contribution in [0.4, 0.5) is 11.4 Å². The van der Waals surface area contributed by atoms with Gasteiger partial charge in [-0.25, -0.2) is 0 Å².